The molecule has 1 rings (SSSR count). The number of ether oxygens (including phenoxy) is 1. The van der Waals surface area contributed by atoms with Gasteiger partial charge in [-0.1, -0.05) is 0 Å². The zero-order valence-corrected chi connectivity index (χ0v) is 10.5. The number of methoxy groups -OCH3 is 1. The van der Waals surface area contributed by atoms with Gasteiger partial charge in [-0.15, -0.1) is 0 Å². The summed E-state index contributed by atoms with van der Waals surface area (Å²) in [5.41, 5.74) is 6.10. The molecule has 1 aromatic heterocycles. The third-order valence-electron chi connectivity index (χ3n) is 2.16. The number of nitrogen functional groups attached to an aromatic ring is 1. The summed E-state index contributed by atoms with van der Waals surface area (Å²) in [6.45, 7) is 0.593. The Hall–Kier alpha value is -1.43. The molecule has 5 nitrogen and oxygen atoms in total. The highest BCUT2D eigenvalue weighted by Crippen LogP contribution is 2.04. The molecule has 6 heteroatoms. The van der Waals surface area contributed by atoms with Crippen LogP contribution in [0.3, 0.4) is 0 Å². The van der Waals surface area contributed by atoms with E-state index in [1.54, 1.807) is 28.6 Å². The molecule has 0 aliphatic carbocycles. The van der Waals surface area contributed by atoms with E-state index < -0.39 is 0 Å². The quantitative estimate of drug-likeness (QED) is 0.600. The maximum atomic E-state index is 11.4. The molecule has 1 aromatic rings. The Bertz CT molecular complexity index is 431. The van der Waals surface area contributed by atoms with Crippen molar-refractivity contribution in [1.82, 2.24) is 4.57 Å². The van der Waals surface area contributed by atoms with Crippen LogP contribution in [0.5, 0.6) is 0 Å². The molecule has 0 aliphatic rings. The van der Waals surface area contributed by atoms with Crippen LogP contribution < -0.4 is 11.3 Å². The SMILES string of the molecule is COC(=O)CCSCCn1cc(N)ccc1=O. The molecule has 0 fully saturated rings. The standard InChI is InChI=1S/C11H16N2O3S/c1-16-11(15)4-6-17-7-5-13-8-9(12)2-3-10(13)14/h2-3,8H,4-7,12H2,1H3. The lowest BCUT2D eigenvalue weighted by Gasteiger charge is -2.05. The number of anilines is 1. The monoisotopic (exact) mass is 256 g/mol. The third-order valence-corrected chi connectivity index (χ3v) is 3.13. The van der Waals surface area contributed by atoms with Gasteiger partial charge in [0.25, 0.3) is 5.56 Å². The molecule has 0 saturated heterocycles. The van der Waals surface area contributed by atoms with Crippen molar-refractivity contribution in [2.45, 2.75) is 13.0 Å². The first-order chi connectivity index (χ1) is 8.13. The van der Waals surface area contributed by atoms with Crippen molar-refractivity contribution >= 4 is 23.4 Å². The van der Waals surface area contributed by atoms with Crippen molar-refractivity contribution in [3.8, 4) is 0 Å². The number of aryl methyl sites for hydroxylation is 1. The summed E-state index contributed by atoms with van der Waals surface area (Å²) >= 11 is 1.60. The summed E-state index contributed by atoms with van der Waals surface area (Å²) in [6.07, 6.45) is 2.02. The number of pyridine rings is 1. The fraction of sp³-hybridized carbons (Fsp3) is 0.455. The first kappa shape index (κ1) is 13.6. The molecule has 0 spiro atoms. The summed E-state index contributed by atoms with van der Waals surface area (Å²) in [5.74, 6) is 1.25. The average molecular weight is 256 g/mol. The Balaban J connectivity index is 2.29. The number of nitrogens with zero attached hydrogens (tertiary/aromatic N) is 1. The van der Waals surface area contributed by atoms with E-state index in [0.717, 1.165) is 5.75 Å². The fourth-order valence-electron chi connectivity index (χ4n) is 1.25. The Morgan fingerprint density at radius 2 is 2.24 bits per heavy atom. The van der Waals surface area contributed by atoms with Gasteiger partial charge in [-0.2, -0.15) is 11.8 Å². The minimum atomic E-state index is -0.210. The van der Waals surface area contributed by atoms with Crippen LogP contribution in [0.2, 0.25) is 0 Å². The van der Waals surface area contributed by atoms with Gasteiger partial charge in [0.2, 0.25) is 0 Å². The van der Waals surface area contributed by atoms with Crippen molar-refractivity contribution in [3.05, 3.63) is 28.7 Å². The summed E-state index contributed by atoms with van der Waals surface area (Å²) in [6, 6.07) is 3.04. The van der Waals surface area contributed by atoms with Gasteiger partial charge in [-0.3, -0.25) is 9.59 Å². The first-order valence-corrected chi connectivity index (χ1v) is 6.39. The van der Waals surface area contributed by atoms with Crippen LogP contribution in [0.4, 0.5) is 5.69 Å². The largest absolute Gasteiger partial charge is 0.469 e. The van der Waals surface area contributed by atoms with E-state index >= 15 is 0 Å². The molecule has 1 heterocycles. The maximum absolute atomic E-state index is 11.4. The van der Waals surface area contributed by atoms with Crippen molar-refractivity contribution in [2.75, 3.05) is 24.3 Å². The number of carbonyl (C=O) groups is 1. The first-order valence-electron chi connectivity index (χ1n) is 5.24. The molecule has 0 atom stereocenters. The molecule has 2 N–H and O–H groups in total. The Morgan fingerprint density at radius 3 is 2.94 bits per heavy atom. The van der Waals surface area contributed by atoms with Crippen LogP contribution in [0.1, 0.15) is 6.42 Å². The van der Waals surface area contributed by atoms with Gasteiger partial charge >= 0.3 is 5.97 Å². The second-order valence-corrected chi connectivity index (χ2v) is 4.66. The van der Waals surface area contributed by atoms with Gasteiger partial charge in [0.05, 0.1) is 13.5 Å². The Morgan fingerprint density at radius 1 is 1.47 bits per heavy atom. The molecule has 0 radical (unpaired) electrons. The van der Waals surface area contributed by atoms with Gasteiger partial charge in [-0.05, 0) is 6.07 Å². The summed E-state index contributed by atoms with van der Waals surface area (Å²) in [7, 11) is 1.37. The summed E-state index contributed by atoms with van der Waals surface area (Å²) in [5, 5.41) is 0. The average Bonchev–Trinajstić information content (AvgIpc) is 2.32. The lowest BCUT2D eigenvalue weighted by molar-refractivity contribution is -0.140. The molecule has 94 valence electrons. The topological polar surface area (TPSA) is 74.3 Å². The summed E-state index contributed by atoms with van der Waals surface area (Å²) < 4.78 is 6.10. The second kappa shape index (κ2) is 7.01. The van der Waals surface area contributed by atoms with Crippen LogP contribution in [-0.2, 0) is 16.1 Å². The lowest BCUT2D eigenvalue weighted by atomic mass is 10.4. The minimum absolute atomic E-state index is 0.0623. The van der Waals surface area contributed by atoms with Gasteiger partial charge in [0.1, 0.15) is 0 Å². The van der Waals surface area contributed by atoms with E-state index in [0.29, 0.717) is 24.4 Å². The highest BCUT2D eigenvalue weighted by atomic mass is 32.2. The predicted octanol–water partition coefficient (Wildman–Crippen LogP) is 0.727. The maximum Gasteiger partial charge on any atom is 0.306 e. The van der Waals surface area contributed by atoms with Gasteiger partial charge < -0.3 is 15.0 Å². The molecule has 17 heavy (non-hydrogen) atoms. The molecular formula is C11H16N2O3S. The van der Waals surface area contributed by atoms with E-state index in [1.165, 1.54) is 13.2 Å². The van der Waals surface area contributed by atoms with Crippen molar-refractivity contribution in [3.63, 3.8) is 0 Å². The molecule has 0 bridgehead atoms. The van der Waals surface area contributed by atoms with Gasteiger partial charge in [0.15, 0.2) is 0 Å². The van der Waals surface area contributed by atoms with Crippen LogP contribution in [-0.4, -0.2) is 29.2 Å². The number of rotatable bonds is 6. The molecule has 0 amide bonds. The molecule has 0 aliphatic heterocycles. The molecule has 0 aromatic carbocycles. The van der Waals surface area contributed by atoms with E-state index in [1.807, 2.05) is 0 Å². The highest BCUT2D eigenvalue weighted by molar-refractivity contribution is 7.99. The fourth-order valence-corrected chi connectivity index (χ4v) is 2.09. The normalized spacial score (nSPS) is 10.2. The van der Waals surface area contributed by atoms with Crippen LogP contribution in [0, 0.1) is 0 Å². The van der Waals surface area contributed by atoms with Crippen molar-refractivity contribution in [2.24, 2.45) is 0 Å². The van der Waals surface area contributed by atoms with E-state index in [9.17, 15) is 9.59 Å². The van der Waals surface area contributed by atoms with Gasteiger partial charge in [0, 0.05) is 36.0 Å². The predicted molar refractivity (Wildman–Crippen MR) is 69.1 cm³/mol. The Labute approximate surface area is 104 Å². The summed E-state index contributed by atoms with van der Waals surface area (Å²) in [4.78, 5) is 22.3. The van der Waals surface area contributed by atoms with Crippen LogP contribution >= 0.6 is 11.8 Å². The molecular weight excluding hydrogens is 240 g/mol. The number of thioether (sulfide) groups is 1. The number of carbonyl (C=O) groups excluding carboxylic acids is 1. The second-order valence-electron chi connectivity index (χ2n) is 3.43. The lowest BCUT2D eigenvalue weighted by Crippen LogP contribution is -2.20. The zero-order valence-electron chi connectivity index (χ0n) is 9.72. The smallest absolute Gasteiger partial charge is 0.306 e. The Kier molecular flexibility index (Phi) is 5.62. The number of aromatic nitrogens is 1. The van der Waals surface area contributed by atoms with E-state index in [4.69, 9.17) is 5.73 Å². The third kappa shape index (κ3) is 4.95. The number of esters is 1. The molecule has 0 unspecified atom stereocenters. The van der Waals surface area contributed by atoms with E-state index in [2.05, 4.69) is 4.74 Å². The highest BCUT2D eigenvalue weighted by Gasteiger charge is 2.00. The van der Waals surface area contributed by atoms with Crippen LogP contribution in [0.25, 0.3) is 0 Å². The van der Waals surface area contributed by atoms with Crippen molar-refractivity contribution < 1.29 is 9.53 Å². The van der Waals surface area contributed by atoms with Gasteiger partial charge in [-0.25, -0.2) is 0 Å². The molecule has 0 saturated carbocycles. The number of hydrogen-bond donors (Lipinski definition) is 1. The zero-order chi connectivity index (χ0) is 12.7. The minimum Gasteiger partial charge on any atom is -0.469 e. The number of hydrogen-bond acceptors (Lipinski definition) is 5. The van der Waals surface area contributed by atoms with E-state index in [-0.39, 0.29) is 11.5 Å². The van der Waals surface area contributed by atoms with Crippen molar-refractivity contribution in [1.29, 1.82) is 0 Å². The number of nitrogens with two attached hydrogens (primary N) is 1. The van der Waals surface area contributed by atoms with Crippen LogP contribution in [0.15, 0.2) is 23.1 Å².